The number of hydrogen-bond acceptors (Lipinski definition) is 4. The number of fused-ring (bicyclic) bond motifs is 1. The minimum absolute atomic E-state index is 0.259. The van der Waals surface area contributed by atoms with Crippen LogP contribution in [-0.2, 0) is 14.3 Å². The van der Waals surface area contributed by atoms with Gasteiger partial charge in [0.2, 0.25) is 6.23 Å². The van der Waals surface area contributed by atoms with Gasteiger partial charge in [-0.2, -0.15) is 0 Å². The van der Waals surface area contributed by atoms with Crippen LogP contribution in [-0.4, -0.2) is 23.0 Å². The molecule has 3 rings (SSSR count). The average molecular weight is 353 g/mol. The summed E-state index contributed by atoms with van der Waals surface area (Å²) in [5.41, 5.74) is 2.33. The van der Waals surface area contributed by atoms with Gasteiger partial charge < -0.3 is 9.84 Å². The van der Waals surface area contributed by atoms with Crippen LogP contribution in [0.1, 0.15) is 53.9 Å². The molecule has 0 radical (unpaired) electrons. The fourth-order valence-electron chi connectivity index (χ4n) is 3.23. The van der Waals surface area contributed by atoms with Crippen molar-refractivity contribution in [1.29, 1.82) is 0 Å². The Bertz CT molecular complexity index is 859. The third-order valence-corrected chi connectivity index (χ3v) is 4.47. The first kappa shape index (κ1) is 17.7. The highest BCUT2D eigenvalue weighted by molar-refractivity contribution is 6.11. The summed E-state index contributed by atoms with van der Waals surface area (Å²) in [5.74, 6) is -2.23. The van der Waals surface area contributed by atoms with Crippen LogP contribution >= 0.6 is 0 Å². The molecular formula is C20H19NO5. The van der Waals surface area contributed by atoms with Crippen molar-refractivity contribution < 1.29 is 24.2 Å². The average Bonchev–Trinajstić information content (AvgIpc) is 2.88. The second kappa shape index (κ2) is 7.00. The van der Waals surface area contributed by atoms with E-state index in [4.69, 9.17) is 4.74 Å². The van der Waals surface area contributed by atoms with E-state index in [2.05, 4.69) is 0 Å². The van der Waals surface area contributed by atoms with Gasteiger partial charge >= 0.3 is 11.9 Å². The third-order valence-electron chi connectivity index (χ3n) is 4.47. The Hall–Kier alpha value is -3.15. The Morgan fingerprint density at radius 2 is 1.81 bits per heavy atom. The molecule has 1 heterocycles. The Kier molecular flexibility index (Phi) is 4.75. The van der Waals surface area contributed by atoms with E-state index in [-0.39, 0.29) is 5.91 Å². The predicted molar refractivity (Wildman–Crippen MR) is 94.9 cm³/mol. The lowest BCUT2D eigenvalue weighted by atomic mass is 9.96. The van der Waals surface area contributed by atoms with E-state index in [1.54, 1.807) is 48.5 Å². The van der Waals surface area contributed by atoms with Crippen molar-refractivity contribution in [3.05, 3.63) is 65.2 Å². The van der Waals surface area contributed by atoms with Gasteiger partial charge in [-0.1, -0.05) is 37.3 Å². The van der Waals surface area contributed by atoms with Gasteiger partial charge in [0, 0.05) is 23.7 Å². The molecule has 0 saturated carbocycles. The van der Waals surface area contributed by atoms with Crippen LogP contribution in [0.15, 0.2) is 48.5 Å². The largest absolute Gasteiger partial charge is 0.481 e. The number of carbonyl (C=O) groups is 3. The maximum Gasteiger partial charge on any atom is 0.310 e. The van der Waals surface area contributed by atoms with Gasteiger partial charge in [-0.15, -0.1) is 0 Å². The van der Waals surface area contributed by atoms with Gasteiger partial charge in [0.1, 0.15) is 0 Å². The summed E-state index contributed by atoms with van der Waals surface area (Å²) < 4.78 is 5.38. The summed E-state index contributed by atoms with van der Waals surface area (Å²) in [6.07, 6.45) is -0.359. The number of carbonyl (C=O) groups excluding carboxylic acids is 2. The first-order valence-corrected chi connectivity index (χ1v) is 8.36. The fraction of sp³-hybridized carbons (Fsp3) is 0.250. The molecule has 1 N–H and O–H groups in total. The van der Waals surface area contributed by atoms with Crippen molar-refractivity contribution in [3.63, 3.8) is 0 Å². The van der Waals surface area contributed by atoms with E-state index in [9.17, 15) is 19.5 Å². The number of carboxylic acids is 1. The molecule has 2 atom stereocenters. The molecule has 26 heavy (non-hydrogen) atoms. The molecule has 6 nitrogen and oxygen atoms in total. The van der Waals surface area contributed by atoms with Crippen molar-refractivity contribution in [2.75, 3.05) is 4.90 Å². The van der Waals surface area contributed by atoms with Crippen LogP contribution < -0.4 is 4.90 Å². The molecule has 6 heteroatoms. The number of ether oxygens (including phenoxy) is 1. The maximum absolute atomic E-state index is 12.8. The summed E-state index contributed by atoms with van der Waals surface area (Å²) in [4.78, 5) is 37.1. The Labute approximate surface area is 151 Å². The molecule has 0 aromatic heterocycles. The first-order chi connectivity index (χ1) is 12.4. The van der Waals surface area contributed by atoms with Crippen molar-refractivity contribution >= 4 is 23.5 Å². The summed E-state index contributed by atoms with van der Waals surface area (Å²) >= 11 is 0. The first-order valence-electron chi connectivity index (χ1n) is 8.36. The lowest BCUT2D eigenvalue weighted by molar-refractivity contribution is -0.146. The number of hydrogen-bond donors (Lipinski definition) is 1. The van der Waals surface area contributed by atoms with Crippen molar-refractivity contribution in [2.24, 2.45) is 0 Å². The molecular weight excluding hydrogens is 334 g/mol. The van der Waals surface area contributed by atoms with E-state index >= 15 is 0 Å². The Morgan fingerprint density at radius 1 is 1.15 bits per heavy atom. The van der Waals surface area contributed by atoms with Gasteiger partial charge in [-0.05, 0) is 30.2 Å². The van der Waals surface area contributed by atoms with Crippen LogP contribution in [0.4, 0.5) is 5.69 Å². The van der Waals surface area contributed by atoms with Crippen molar-refractivity contribution in [1.82, 2.24) is 0 Å². The summed E-state index contributed by atoms with van der Waals surface area (Å²) in [7, 11) is 0. The second-order valence-corrected chi connectivity index (χ2v) is 6.11. The minimum Gasteiger partial charge on any atom is -0.481 e. The maximum atomic E-state index is 12.8. The number of aliphatic carboxylic acids is 1. The molecule has 0 spiro atoms. The van der Waals surface area contributed by atoms with Crippen LogP contribution in [0.2, 0.25) is 0 Å². The highest BCUT2D eigenvalue weighted by atomic mass is 16.6. The van der Waals surface area contributed by atoms with Crippen LogP contribution in [0.3, 0.4) is 0 Å². The number of esters is 1. The smallest absolute Gasteiger partial charge is 0.310 e. The number of anilines is 1. The molecule has 0 saturated heterocycles. The third kappa shape index (κ3) is 3.06. The molecule has 0 fully saturated rings. The van der Waals surface area contributed by atoms with Gasteiger partial charge in [-0.3, -0.25) is 19.3 Å². The van der Waals surface area contributed by atoms with Crippen LogP contribution in [0.25, 0.3) is 0 Å². The van der Waals surface area contributed by atoms with Gasteiger partial charge in [0.25, 0.3) is 5.91 Å². The molecule has 2 aromatic rings. The topological polar surface area (TPSA) is 83.9 Å². The number of benzene rings is 2. The number of nitrogens with zero attached hydrogens (tertiary/aromatic N) is 1. The van der Waals surface area contributed by atoms with Crippen LogP contribution in [0, 0.1) is 0 Å². The van der Waals surface area contributed by atoms with E-state index in [0.717, 1.165) is 0 Å². The molecule has 2 aromatic carbocycles. The predicted octanol–water partition coefficient (Wildman–Crippen LogP) is 3.49. The number of rotatable bonds is 5. The number of carboxylic acid groups (broad SMARTS) is 1. The van der Waals surface area contributed by atoms with E-state index in [1.807, 2.05) is 6.92 Å². The SMILES string of the molecule is CCC(C(=O)O)c1ccc(N2C(=O)c3ccccc3C2OC(C)=O)cc1. The quantitative estimate of drug-likeness (QED) is 0.832. The summed E-state index contributed by atoms with van der Waals surface area (Å²) in [6, 6.07) is 13.7. The molecule has 2 unspecified atom stereocenters. The molecule has 1 amide bonds. The standard InChI is InChI=1S/C20H19NO5/c1-3-15(20(24)25)13-8-10-14(11-9-13)21-18(23)16-6-4-5-7-17(16)19(21)26-12(2)22/h4-11,15,19H,3H2,1-2H3,(H,24,25). The van der Waals surface area contributed by atoms with Gasteiger partial charge in [-0.25, -0.2) is 0 Å². The lowest BCUT2D eigenvalue weighted by Crippen LogP contribution is -2.30. The Balaban J connectivity index is 1.98. The van der Waals surface area contributed by atoms with E-state index in [0.29, 0.717) is 28.8 Å². The summed E-state index contributed by atoms with van der Waals surface area (Å²) in [6.45, 7) is 3.11. The lowest BCUT2D eigenvalue weighted by Gasteiger charge is -2.25. The van der Waals surface area contributed by atoms with Crippen molar-refractivity contribution in [2.45, 2.75) is 32.4 Å². The highest BCUT2D eigenvalue weighted by Crippen LogP contribution is 2.38. The van der Waals surface area contributed by atoms with Crippen molar-refractivity contribution in [3.8, 4) is 0 Å². The molecule has 134 valence electrons. The van der Waals surface area contributed by atoms with E-state index < -0.39 is 24.1 Å². The summed E-state index contributed by atoms with van der Waals surface area (Å²) in [5, 5.41) is 9.29. The minimum atomic E-state index is -0.886. The second-order valence-electron chi connectivity index (χ2n) is 6.11. The highest BCUT2D eigenvalue weighted by Gasteiger charge is 2.39. The monoisotopic (exact) mass is 353 g/mol. The number of amides is 1. The normalized spacial score (nSPS) is 16.9. The molecule has 1 aliphatic rings. The Morgan fingerprint density at radius 3 is 2.38 bits per heavy atom. The van der Waals surface area contributed by atoms with Gasteiger partial charge in [0.15, 0.2) is 0 Å². The molecule has 0 bridgehead atoms. The molecule has 0 aliphatic carbocycles. The zero-order valence-corrected chi connectivity index (χ0v) is 14.5. The van der Waals surface area contributed by atoms with Crippen LogP contribution in [0.5, 0.6) is 0 Å². The van der Waals surface area contributed by atoms with Gasteiger partial charge in [0.05, 0.1) is 5.92 Å². The molecule has 1 aliphatic heterocycles. The zero-order chi connectivity index (χ0) is 18.8. The fourth-order valence-corrected chi connectivity index (χ4v) is 3.23. The zero-order valence-electron chi connectivity index (χ0n) is 14.5. The van der Waals surface area contributed by atoms with E-state index in [1.165, 1.54) is 11.8 Å².